The Morgan fingerprint density at radius 2 is 0.753 bits per heavy atom. The van der Waals surface area contributed by atoms with E-state index in [4.69, 9.17) is 0 Å². The topological polar surface area (TPSA) is 6.48 Å². The third-order valence-corrected chi connectivity index (χ3v) is 19.2. The number of hydrogen-bond donors (Lipinski definition) is 0. The quantitative estimate of drug-likeness (QED) is 0.153. The van der Waals surface area contributed by atoms with Crippen LogP contribution in [-0.4, -0.2) is 0 Å². The molecule has 0 amide bonds. The number of benzene rings is 13. The first-order valence-electron chi connectivity index (χ1n) is 26.5. The van der Waals surface area contributed by atoms with Crippen LogP contribution in [0.25, 0.3) is 94.9 Å². The predicted molar refractivity (Wildman–Crippen MR) is 330 cm³/mol. The van der Waals surface area contributed by atoms with Crippen molar-refractivity contribution in [3.63, 3.8) is 0 Å². The van der Waals surface area contributed by atoms with Gasteiger partial charge < -0.3 is 9.80 Å². The lowest BCUT2D eigenvalue weighted by Gasteiger charge is -2.33. The number of nitrogens with zero attached hydrogens (tertiary/aromatic N) is 2. The monoisotopic (exact) mass is 1010 g/mol. The fourth-order valence-corrected chi connectivity index (χ4v) is 16.2. The van der Waals surface area contributed by atoms with E-state index in [1.807, 2.05) is 22.7 Å². The zero-order valence-corrected chi connectivity index (χ0v) is 43.2. The van der Waals surface area contributed by atoms with Gasteiger partial charge in [0.05, 0.1) is 26.2 Å². The predicted octanol–water partition coefficient (Wildman–Crippen LogP) is 21.2. The summed E-state index contributed by atoms with van der Waals surface area (Å²) < 4.78 is 5.16. The third kappa shape index (κ3) is 5.94. The lowest BCUT2D eigenvalue weighted by molar-refractivity contribution is 0.809. The van der Waals surface area contributed by atoms with Gasteiger partial charge in [-0.05, 0) is 150 Å². The zero-order chi connectivity index (χ0) is 50.3. The molecular weight excluding hydrogens is 969 g/mol. The Bertz CT molecular complexity index is 4910. The van der Waals surface area contributed by atoms with Crippen molar-refractivity contribution in [1.29, 1.82) is 0 Å². The number of thiophene rings is 2. The Morgan fingerprint density at radius 3 is 1.35 bits per heavy atom. The largest absolute Gasteiger partial charge is 0.309 e. The van der Waals surface area contributed by atoms with Gasteiger partial charge >= 0.3 is 0 Å². The van der Waals surface area contributed by atoms with Crippen LogP contribution in [0.3, 0.4) is 0 Å². The number of rotatable bonds is 6. The highest BCUT2D eigenvalue weighted by atomic mass is 32.1. The average molecular weight is 1010 g/mol. The molecule has 4 heteroatoms. The molecule has 0 unspecified atom stereocenters. The molecule has 358 valence electrons. The van der Waals surface area contributed by atoms with E-state index >= 15 is 0 Å². The van der Waals surface area contributed by atoms with Gasteiger partial charge in [0.2, 0.25) is 0 Å². The maximum Gasteiger partial charge on any atom is 0.0737 e. The summed E-state index contributed by atoms with van der Waals surface area (Å²) in [6.07, 6.45) is 0. The Balaban J connectivity index is 0.941. The maximum absolute atomic E-state index is 2.49. The van der Waals surface area contributed by atoms with E-state index in [0.717, 1.165) is 22.7 Å². The summed E-state index contributed by atoms with van der Waals surface area (Å²) in [7, 11) is 0. The first-order chi connectivity index (χ1) is 38.2. The van der Waals surface area contributed by atoms with E-state index < -0.39 is 5.41 Å². The van der Waals surface area contributed by atoms with Crippen LogP contribution in [-0.2, 0) is 5.41 Å². The first kappa shape index (κ1) is 43.0. The molecule has 2 aliphatic carbocycles. The Morgan fingerprint density at radius 1 is 0.273 bits per heavy atom. The van der Waals surface area contributed by atoms with Gasteiger partial charge in [-0.15, -0.1) is 22.7 Å². The molecule has 1 spiro atoms. The molecule has 0 saturated heterocycles. The fourth-order valence-electron chi connectivity index (χ4n) is 13.8. The van der Waals surface area contributed by atoms with E-state index in [1.54, 1.807) is 0 Å². The molecular formula is C73H44N2S2. The zero-order valence-electron chi connectivity index (χ0n) is 41.6. The van der Waals surface area contributed by atoms with Gasteiger partial charge in [-0.25, -0.2) is 0 Å². The van der Waals surface area contributed by atoms with Crippen molar-refractivity contribution in [3.8, 4) is 22.3 Å². The highest BCUT2D eigenvalue weighted by Crippen LogP contribution is 2.67. The van der Waals surface area contributed by atoms with E-state index in [0.29, 0.717) is 0 Å². The van der Waals surface area contributed by atoms with Crippen LogP contribution in [0.5, 0.6) is 0 Å². The Labute approximate surface area is 453 Å². The maximum atomic E-state index is 2.49. The minimum atomic E-state index is -0.619. The molecule has 0 aliphatic heterocycles. The number of fused-ring (bicyclic) bond motifs is 23. The summed E-state index contributed by atoms with van der Waals surface area (Å²) in [5, 5.41) is 12.7. The average Bonchev–Trinajstić information content (AvgIpc) is 3.45. The van der Waals surface area contributed by atoms with Gasteiger partial charge in [-0.2, -0.15) is 0 Å². The van der Waals surface area contributed by atoms with Crippen LogP contribution in [0.1, 0.15) is 22.3 Å². The summed E-state index contributed by atoms with van der Waals surface area (Å²) >= 11 is 3.76. The van der Waals surface area contributed by atoms with Crippen molar-refractivity contribution >= 4 is 129 Å². The Kier molecular flexibility index (Phi) is 9.12. The van der Waals surface area contributed by atoms with Gasteiger partial charge in [-0.3, -0.25) is 0 Å². The first-order valence-corrected chi connectivity index (χ1v) is 28.1. The summed E-state index contributed by atoms with van der Waals surface area (Å²) in [6.45, 7) is 0. The second-order valence-electron chi connectivity index (χ2n) is 20.6. The molecule has 0 fully saturated rings. The highest BCUT2D eigenvalue weighted by molar-refractivity contribution is 7.26. The van der Waals surface area contributed by atoms with Crippen molar-refractivity contribution < 1.29 is 0 Å². The van der Waals surface area contributed by atoms with E-state index in [2.05, 4.69) is 277 Å². The minimum absolute atomic E-state index is 0.619. The molecule has 0 saturated carbocycles. The molecule has 0 N–H and O–H groups in total. The molecule has 77 heavy (non-hydrogen) atoms. The van der Waals surface area contributed by atoms with Gasteiger partial charge in [0.15, 0.2) is 0 Å². The summed E-state index contributed by atoms with van der Waals surface area (Å²) in [5.41, 5.74) is 16.9. The second-order valence-corrected chi connectivity index (χ2v) is 22.7. The molecule has 0 atom stereocenters. The number of hydrogen-bond acceptors (Lipinski definition) is 4. The molecule has 0 radical (unpaired) electrons. The number of para-hydroxylation sites is 2. The van der Waals surface area contributed by atoms with Crippen LogP contribution < -0.4 is 9.80 Å². The molecule has 0 bridgehead atoms. The SMILES string of the molecule is c1ccc(N(c2ccc3c4c(ccc3c2)-c2c(c3ccc(N(c5ccccc5)c5cccc6c5sc5ccccc56)cc3c3ccccc23)C42c3ccccc3-c3ccccc32)c2cccc3c2sc2ccccc23)cc1. The summed E-state index contributed by atoms with van der Waals surface area (Å²) in [6, 6.07) is 100. The molecule has 2 aromatic heterocycles. The highest BCUT2D eigenvalue weighted by Gasteiger charge is 2.54. The normalized spacial score (nSPS) is 13.0. The summed E-state index contributed by atoms with van der Waals surface area (Å²) in [4.78, 5) is 4.95. The summed E-state index contributed by atoms with van der Waals surface area (Å²) in [5.74, 6) is 0. The molecule has 15 aromatic rings. The van der Waals surface area contributed by atoms with E-state index in [9.17, 15) is 0 Å². The van der Waals surface area contributed by atoms with Gasteiger partial charge in [0.1, 0.15) is 0 Å². The van der Waals surface area contributed by atoms with Crippen LogP contribution in [0, 0.1) is 0 Å². The molecule has 2 heterocycles. The van der Waals surface area contributed by atoms with Gasteiger partial charge in [0, 0.05) is 53.7 Å². The van der Waals surface area contributed by atoms with Crippen LogP contribution >= 0.6 is 22.7 Å². The van der Waals surface area contributed by atoms with Crippen molar-refractivity contribution in [2.24, 2.45) is 0 Å². The molecule has 2 nitrogen and oxygen atoms in total. The lowest BCUT2D eigenvalue weighted by atomic mass is 9.68. The molecule has 13 aromatic carbocycles. The number of anilines is 6. The van der Waals surface area contributed by atoms with Crippen molar-refractivity contribution in [2.75, 3.05) is 9.80 Å². The van der Waals surface area contributed by atoms with Crippen molar-refractivity contribution in [1.82, 2.24) is 0 Å². The van der Waals surface area contributed by atoms with Gasteiger partial charge in [-0.1, -0.05) is 194 Å². The molecule has 17 rings (SSSR count). The third-order valence-electron chi connectivity index (χ3n) is 16.8. The fraction of sp³-hybridized carbons (Fsp3) is 0.0137. The van der Waals surface area contributed by atoms with Crippen molar-refractivity contribution in [3.05, 3.63) is 289 Å². The van der Waals surface area contributed by atoms with Crippen LogP contribution in [0.4, 0.5) is 34.1 Å². The minimum Gasteiger partial charge on any atom is -0.309 e. The van der Waals surface area contributed by atoms with E-state index in [1.165, 1.54) is 129 Å². The second kappa shape index (κ2) is 16.3. The van der Waals surface area contributed by atoms with Crippen LogP contribution in [0.2, 0.25) is 0 Å². The smallest absolute Gasteiger partial charge is 0.0737 e. The lowest BCUT2D eigenvalue weighted by Crippen LogP contribution is -2.26. The van der Waals surface area contributed by atoms with E-state index in [-0.39, 0.29) is 0 Å². The standard InChI is InChI=1S/C73H44N2S2/c1-3-19-46(20-4-1)74(64-33-17-29-58-54-26-11-15-35-66(54)76-71(58)64)48-38-41-50-45(43-48)37-40-60-68-56-28-8-7-23-51(56)61-44-49(75(47-21-5-2-6-22-47)65-34-18-30-59-55-27-12-16-36-67(55)77-72(59)65)39-42-57(61)70(68)73(69(50)60)62-31-13-9-24-52(62)53-25-10-14-32-63(53)73/h1-44H. The molecule has 2 aliphatic rings. The Hall–Kier alpha value is -9.32. The van der Waals surface area contributed by atoms with Crippen LogP contribution in [0.15, 0.2) is 267 Å². The van der Waals surface area contributed by atoms with Crippen molar-refractivity contribution in [2.45, 2.75) is 5.41 Å². The van der Waals surface area contributed by atoms with Gasteiger partial charge in [0.25, 0.3) is 0 Å².